The van der Waals surface area contributed by atoms with Crippen molar-refractivity contribution < 1.29 is 0 Å². The summed E-state index contributed by atoms with van der Waals surface area (Å²) in [5.74, 6) is 0. The molecule has 0 spiro atoms. The van der Waals surface area contributed by atoms with Crippen LogP contribution in [0.1, 0.15) is 5.56 Å². The van der Waals surface area contributed by atoms with Crippen molar-refractivity contribution in [3.05, 3.63) is 30.0 Å². The molecule has 1 aliphatic heterocycles. The Bertz CT molecular complexity index is 556. The van der Waals surface area contributed by atoms with Crippen molar-refractivity contribution in [2.24, 2.45) is 7.05 Å². The number of fused-ring (bicyclic) bond motifs is 3. The van der Waals surface area contributed by atoms with Crippen LogP contribution in [0.25, 0.3) is 11.3 Å². The number of nitrogen functional groups attached to an aromatic ring is 1. The van der Waals surface area contributed by atoms with Gasteiger partial charge in [-0.05, 0) is 6.07 Å². The van der Waals surface area contributed by atoms with Crippen molar-refractivity contribution in [2.45, 2.75) is 6.54 Å². The maximum atomic E-state index is 6.04. The highest BCUT2D eigenvalue weighted by Gasteiger charge is 2.24. The lowest BCUT2D eigenvalue weighted by Crippen LogP contribution is -2.22. The monoisotopic (exact) mass is 214 g/mol. The Morgan fingerprint density at radius 2 is 2.12 bits per heavy atom. The van der Waals surface area contributed by atoms with Crippen molar-refractivity contribution >= 4 is 11.4 Å². The second-order valence-electron chi connectivity index (χ2n) is 4.24. The van der Waals surface area contributed by atoms with E-state index in [1.54, 1.807) is 0 Å². The normalized spacial score (nSPS) is 13.5. The van der Waals surface area contributed by atoms with Crippen LogP contribution in [0.2, 0.25) is 0 Å². The van der Waals surface area contributed by atoms with Gasteiger partial charge in [0.05, 0.1) is 23.3 Å². The van der Waals surface area contributed by atoms with Crippen LogP contribution in [0.4, 0.5) is 11.4 Å². The number of nitrogens with two attached hydrogens (primary N) is 1. The fourth-order valence-electron chi connectivity index (χ4n) is 2.46. The van der Waals surface area contributed by atoms with Crippen molar-refractivity contribution in [1.82, 2.24) is 9.78 Å². The van der Waals surface area contributed by atoms with E-state index in [4.69, 9.17) is 5.73 Å². The fraction of sp³-hybridized carbons (Fsp3) is 0.250. The van der Waals surface area contributed by atoms with E-state index in [1.165, 1.54) is 16.8 Å². The van der Waals surface area contributed by atoms with Crippen molar-refractivity contribution in [3.8, 4) is 11.3 Å². The molecular formula is C12H14N4. The first-order valence-electron chi connectivity index (χ1n) is 5.29. The minimum atomic E-state index is 0.826. The standard InChI is InChI=1S/C12H14N4/c1-15-7-8-6-14-16(2)11(8)9-4-3-5-10(13)12(9)15/h3-6H,7,13H2,1-2H3. The molecule has 2 N–H and O–H groups in total. The molecule has 0 saturated carbocycles. The summed E-state index contributed by atoms with van der Waals surface area (Å²) in [5.41, 5.74) is 11.6. The van der Waals surface area contributed by atoms with E-state index >= 15 is 0 Å². The van der Waals surface area contributed by atoms with Gasteiger partial charge in [0.1, 0.15) is 0 Å². The largest absolute Gasteiger partial charge is 0.397 e. The van der Waals surface area contributed by atoms with Crippen LogP contribution in [0, 0.1) is 0 Å². The third-order valence-electron chi connectivity index (χ3n) is 3.13. The second kappa shape index (κ2) is 3.01. The zero-order chi connectivity index (χ0) is 11.3. The van der Waals surface area contributed by atoms with Crippen LogP contribution >= 0.6 is 0 Å². The molecule has 0 bridgehead atoms. The van der Waals surface area contributed by atoms with Gasteiger partial charge in [-0.15, -0.1) is 0 Å². The molecule has 3 rings (SSSR count). The third-order valence-corrected chi connectivity index (χ3v) is 3.13. The fourth-order valence-corrected chi connectivity index (χ4v) is 2.46. The Labute approximate surface area is 94.3 Å². The molecule has 0 amide bonds. The molecule has 0 saturated heterocycles. The highest BCUT2D eigenvalue weighted by molar-refractivity contribution is 5.88. The first kappa shape index (κ1) is 9.27. The van der Waals surface area contributed by atoms with E-state index in [-0.39, 0.29) is 0 Å². The van der Waals surface area contributed by atoms with Crippen LogP contribution in [-0.2, 0) is 13.6 Å². The summed E-state index contributed by atoms with van der Waals surface area (Å²) < 4.78 is 1.92. The molecule has 2 heterocycles. The smallest absolute Gasteiger partial charge is 0.0750 e. The van der Waals surface area contributed by atoms with E-state index in [0.717, 1.165) is 17.9 Å². The minimum Gasteiger partial charge on any atom is -0.397 e. The molecule has 82 valence electrons. The lowest BCUT2D eigenvalue weighted by atomic mass is 9.99. The summed E-state index contributed by atoms with van der Waals surface area (Å²) >= 11 is 0. The predicted octanol–water partition coefficient (Wildman–Crippen LogP) is 1.62. The Kier molecular flexibility index (Phi) is 1.74. The SMILES string of the molecule is CN1Cc2cnn(C)c2-c2cccc(N)c21. The van der Waals surface area contributed by atoms with Gasteiger partial charge in [0.25, 0.3) is 0 Å². The molecule has 1 aliphatic rings. The summed E-state index contributed by atoms with van der Waals surface area (Å²) in [6.45, 7) is 0.865. The molecule has 4 heteroatoms. The molecule has 0 aliphatic carbocycles. The summed E-state index contributed by atoms with van der Waals surface area (Å²) in [7, 11) is 4.03. The van der Waals surface area contributed by atoms with E-state index in [9.17, 15) is 0 Å². The number of hydrogen-bond acceptors (Lipinski definition) is 3. The molecule has 0 fully saturated rings. The molecule has 0 unspecified atom stereocenters. The van der Waals surface area contributed by atoms with E-state index < -0.39 is 0 Å². The van der Waals surface area contributed by atoms with Gasteiger partial charge in [-0.3, -0.25) is 4.68 Å². The molecule has 4 nitrogen and oxygen atoms in total. The van der Waals surface area contributed by atoms with Crippen molar-refractivity contribution in [3.63, 3.8) is 0 Å². The van der Waals surface area contributed by atoms with Crippen LogP contribution in [0.5, 0.6) is 0 Å². The zero-order valence-electron chi connectivity index (χ0n) is 9.44. The van der Waals surface area contributed by atoms with Gasteiger partial charge in [-0.1, -0.05) is 12.1 Å². The van der Waals surface area contributed by atoms with E-state index in [1.807, 2.05) is 30.1 Å². The maximum absolute atomic E-state index is 6.04. The van der Waals surface area contributed by atoms with Crippen LogP contribution in [0.3, 0.4) is 0 Å². The van der Waals surface area contributed by atoms with Crippen LogP contribution in [-0.4, -0.2) is 16.8 Å². The number of benzene rings is 1. The van der Waals surface area contributed by atoms with Gasteiger partial charge >= 0.3 is 0 Å². The van der Waals surface area contributed by atoms with Gasteiger partial charge < -0.3 is 10.6 Å². The first-order valence-corrected chi connectivity index (χ1v) is 5.29. The van der Waals surface area contributed by atoms with Gasteiger partial charge in [0.15, 0.2) is 0 Å². The van der Waals surface area contributed by atoms with E-state index in [2.05, 4.69) is 23.1 Å². The number of para-hydroxylation sites is 1. The molecule has 1 aromatic heterocycles. The average Bonchev–Trinajstić information content (AvgIpc) is 2.60. The molecule has 0 radical (unpaired) electrons. The summed E-state index contributed by atoms with van der Waals surface area (Å²) in [5, 5.41) is 4.31. The van der Waals surface area contributed by atoms with Crippen molar-refractivity contribution in [1.29, 1.82) is 0 Å². The Balaban J connectivity index is 2.35. The summed E-state index contributed by atoms with van der Waals surface area (Å²) in [6.07, 6.45) is 1.93. The summed E-state index contributed by atoms with van der Waals surface area (Å²) in [6, 6.07) is 6.03. The predicted molar refractivity (Wildman–Crippen MR) is 65.2 cm³/mol. The van der Waals surface area contributed by atoms with Crippen LogP contribution in [0.15, 0.2) is 24.4 Å². The lowest BCUT2D eigenvalue weighted by Gasteiger charge is -2.29. The van der Waals surface area contributed by atoms with Crippen LogP contribution < -0.4 is 10.6 Å². The highest BCUT2D eigenvalue weighted by Crippen LogP contribution is 2.41. The Morgan fingerprint density at radius 3 is 2.94 bits per heavy atom. The number of nitrogens with zero attached hydrogens (tertiary/aromatic N) is 3. The maximum Gasteiger partial charge on any atom is 0.0750 e. The Morgan fingerprint density at radius 1 is 1.31 bits per heavy atom. The molecule has 0 atom stereocenters. The summed E-state index contributed by atoms with van der Waals surface area (Å²) in [4.78, 5) is 2.18. The van der Waals surface area contributed by atoms with Gasteiger partial charge in [-0.2, -0.15) is 5.10 Å². The number of anilines is 2. The number of aromatic nitrogens is 2. The first-order chi connectivity index (χ1) is 7.68. The van der Waals surface area contributed by atoms with Gasteiger partial charge in [-0.25, -0.2) is 0 Å². The molecule has 1 aromatic carbocycles. The third kappa shape index (κ3) is 1.07. The number of hydrogen-bond donors (Lipinski definition) is 1. The molecule has 2 aromatic rings. The quantitative estimate of drug-likeness (QED) is 0.678. The van der Waals surface area contributed by atoms with Crippen molar-refractivity contribution in [2.75, 3.05) is 17.7 Å². The van der Waals surface area contributed by atoms with E-state index in [0.29, 0.717) is 0 Å². The average molecular weight is 214 g/mol. The minimum absolute atomic E-state index is 0.826. The Hall–Kier alpha value is -1.97. The molecular weight excluding hydrogens is 200 g/mol. The van der Waals surface area contributed by atoms with Gasteiger partial charge in [0, 0.05) is 31.8 Å². The second-order valence-corrected chi connectivity index (χ2v) is 4.24. The highest BCUT2D eigenvalue weighted by atomic mass is 15.3. The van der Waals surface area contributed by atoms with Gasteiger partial charge in [0.2, 0.25) is 0 Å². The number of aryl methyl sites for hydroxylation is 1. The number of rotatable bonds is 0. The molecule has 16 heavy (non-hydrogen) atoms. The zero-order valence-corrected chi connectivity index (χ0v) is 9.44. The topological polar surface area (TPSA) is 47.1 Å². The lowest BCUT2D eigenvalue weighted by molar-refractivity contribution is 0.772.